The van der Waals surface area contributed by atoms with Crippen molar-refractivity contribution < 1.29 is 0 Å². The summed E-state index contributed by atoms with van der Waals surface area (Å²) in [5.41, 5.74) is 12.4. The molecular formula is C50H34N2S. The van der Waals surface area contributed by atoms with E-state index in [1.807, 2.05) is 11.3 Å². The largest absolute Gasteiger partial charge is 0.309 e. The summed E-state index contributed by atoms with van der Waals surface area (Å²) in [5, 5.41) is 7.73. The van der Waals surface area contributed by atoms with E-state index in [0.29, 0.717) is 0 Å². The van der Waals surface area contributed by atoms with E-state index in [0.717, 1.165) is 29.9 Å². The summed E-state index contributed by atoms with van der Waals surface area (Å²) in [6.45, 7) is 0. The number of aromatic nitrogens is 1. The summed E-state index contributed by atoms with van der Waals surface area (Å²) in [6.07, 6.45) is 6.74. The van der Waals surface area contributed by atoms with Gasteiger partial charge in [0.15, 0.2) is 0 Å². The predicted octanol–water partition coefficient (Wildman–Crippen LogP) is 14.4. The topological polar surface area (TPSA) is 8.17 Å². The van der Waals surface area contributed by atoms with Gasteiger partial charge in [0.25, 0.3) is 0 Å². The van der Waals surface area contributed by atoms with Gasteiger partial charge in [-0.25, -0.2) is 0 Å². The number of anilines is 3. The van der Waals surface area contributed by atoms with Crippen LogP contribution in [-0.2, 0) is 6.42 Å². The molecule has 2 aromatic heterocycles. The van der Waals surface area contributed by atoms with Gasteiger partial charge in [-0.15, -0.1) is 11.3 Å². The molecule has 0 spiro atoms. The molecule has 11 rings (SSSR count). The van der Waals surface area contributed by atoms with Crippen molar-refractivity contribution in [2.75, 3.05) is 4.90 Å². The van der Waals surface area contributed by atoms with Crippen molar-refractivity contribution in [2.45, 2.75) is 12.8 Å². The minimum Gasteiger partial charge on any atom is -0.309 e. The first-order valence-corrected chi connectivity index (χ1v) is 19.2. The van der Waals surface area contributed by atoms with Crippen LogP contribution in [0.25, 0.3) is 75.6 Å². The van der Waals surface area contributed by atoms with Gasteiger partial charge in [-0.05, 0) is 107 Å². The van der Waals surface area contributed by atoms with Crippen LogP contribution in [0.15, 0.2) is 176 Å². The molecule has 3 heteroatoms. The molecule has 0 aliphatic heterocycles. The lowest BCUT2D eigenvalue weighted by atomic mass is 9.89. The van der Waals surface area contributed by atoms with Crippen LogP contribution in [0, 0.1) is 0 Å². The van der Waals surface area contributed by atoms with Gasteiger partial charge in [0.2, 0.25) is 0 Å². The third-order valence-corrected chi connectivity index (χ3v) is 12.3. The monoisotopic (exact) mass is 694 g/mol. The van der Waals surface area contributed by atoms with Crippen LogP contribution in [-0.4, -0.2) is 4.57 Å². The molecule has 0 amide bonds. The number of allylic oxidation sites excluding steroid dienone is 1. The van der Waals surface area contributed by atoms with Gasteiger partial charge in [0, 0.05) is 43.3 Å². The Labute approximate surface area is 312 Å². The fourth-order valence-electron chi connectivity index (χ4n) is 8.64. The highest BCUT2D eigenvalue weighted by Gasteiger charge is 2.20. The summed E-state index contributed by atoms with van der Waals surface area (Å²) in [4.78, 5) is 2.44. The molecule has 0 saturated heterocycles. The average Bonchev–Trinajstić information content (AvgIpc) is 3.78. The van der Waals surface area contributed by atoms with Crippen LogP contribution in [0.5, 0.6) is 0 Å². The molecule has 0 atom stereocenters. The minimum absolute atomic E-state index is 1.08. The maximum absolute atomic E-state index is 2.44. The lowest BCUT2D eigenvalue weighted by Crippen LogP contribution is -2.10. The Bertz CT molecular complexity index is 3050. The highest BCUT2D eigenvalue weighted by Crippen LogP contribution is 2.46. The Kier molecular flexibility index (Phi) is 6.89. The van der Waals surface area contributed by atoms with Crippen LogP contribution >= 0.6 is 11.3 Å². The van der Waals surface area contributed by atoms with Crippen molar-refractivity contribution in [3.05, 3.63) is 187 Å². The van der Waals surface area contributed by atoms with Crippen LogP contribution in [0.3, 0.4) is 0 Å². The summed E-state index contributed by atoms with van der Waals surface area (Å²) in [7, 11) is 0. The van der Waals surface area contributed by atoms with Crippen molar-refractivity contribution in [1.29, 1.82) is 0 Å². The quantitative estimate of drug-likeness (QED) is 0.174. The SMILES string of the molecule is C1=Cc2cccc(-c3ccc(N(c4ccc(-n5c6ccccc6c6c7ccccc7ccc65)cc4)c4cccc5c4sc4ccccc45)cc3)c2CC1. The number of hydrogen-bond donors (Lipinski definition) is 0. The maximum atomic E-state index is 2.44. The van der Waals surface area contributed by atoms with E-state index in [1.165, 1.54) is 80.7 Å². The van der Waals surface area contributed by atoms with E-state index in [1.54, 1.807) is 0 Å². The van der Waals surface area contributed by atoms with Crippen molar-refractivity contribution in [3.8, 4) is 16.8 Å². The molecule has 2 heterocycles. The van der Waals surface area contributed by atoms with Gasteiger partial charge in [-0.3, -0.25) is 0 Å². The standard InChI is InChI=1S/C50H34N2S/c1-3-14-39-33(11-1)13-9-18-40(39)35-23-26-36(27-24-35)51(47-21-10-19-43-42-16-6-8-22-48(42)53-50(43)47)37-28-30-38(31-29-37)52-45-20-7-5-17-44(45)49-41-15-4-2-12-34(41)25-32-46(49)52/h1-2,4-13,15-32H,3,14H2. The smallest absolute Gasteiger partial charge is 0.0640 e. The van der Waals surface area contributed by atoms with Crippen LogP contribution in [0.1, 0.15) is 17.5 Å². The van der Waals surface area contributed by atoms with Crippen molar-refractivity contribution in [2.24, 2.45) is 0 Å². The fourth-order valence-corrected chi connectivity index (χ4v) is 9.85. The van der Waals surface area contributed by atoms with Crippen molar-refractivity contribution in [3.63, 3.8) is 0 Å². The molecule has 250 valence electrons. The summed E-state index contributed by atoms with van der Waals surface area (Å²) < 4.78 is 5.02. The van der Waals surface area contributed by atoms with Gasteiger partial charge >= 0.3 is 0 Å². The lowest BCUT2D eigenvalue weighted by Gasteiger charge is -2.27. The van der Waals surface area contributed by atoms with E-state index in [4.69, 9.17) is 0 Å². The Morgan fingerprint density at radius 3 is 2.11 bits per heavy atom. The Morgan fingerprint density at radius 2 is 1.25 bits per heavy atom. The zero-order valence-corrected chi connectivity index (χ0v) is 29.9. The first kappa shape index (κ1) is 30.2. The second kappa shape index (κ2) is 12.1. The van der Waals surface area contributed by atoms with Gasteiger partial charge in [0.05, 0.1) is 21.4 Å². The van der Waals surface area contributed by atoms with Gasteiger partial charge in [-0.2, -0.15) is 0 Å². The molecule has 2 nitrogen and oxygen atoms in total. The summed E-state index contributed by atoms with van der Waals surface area (Å²) in [5.74, 6) is 0. The number of hydrogen-bond acceptors (Lipinski definition) is 2. The predicted molar refractivity (Wildman–Crippen MR) is 229 cm³/mol. The molecule has 10 aromatic rings. The highest BCUT2D eigenvalue weighted by molar-refractivity contribution is 7.26. The third kappa shape index (κ3) is 4.78. The van der Waals surface area contributed by atoms with Crippen LogP contribution in [0.2, 0.25) is 0 Å². The van der Waals surface area contributed by atoms with Gasteiger partial charge in [0.1, 0.15) is 0 Å². The van der Waals surface area contributed by atoms with E-state index >= 15 is 0 Å². The third-order valence-electron chi connectivity index (χ3n) is 11.1. The second-order valence-electron chi connectivity index (χ2n) is 14.0. The first-order valence-electron chi connectivity index (χ1n) is 18.4. The van der Waals surface area contributed by atoms with E-state index < -0.39 is 0 Å². The van der Waals surface area contributed by atoms with E-state index in [2.05, 4.69) is 191 Å². The Hall–Kier alpha value is -6.42. The second-order valence-corrected chi connectivity index (χ2v) is 15.1. The maximum Gasteiger partial charge on any atom is 0.0640 e. The molecule has 8 aromatic carbocycles. The number of fused-ring (bicyclic) bond motifs is 9. The van der Waals surface area contributed by atoms with E-state index in [9.17, 15) is 0 Å². The molecule has 0 radical (unpaired) electrons. The van der Waals surface area contributed by atoms with Crippen molar-refractivity contribution in [1.82, 2.24) is 4.57 Å². The Balaban J connectivity index is 1.08. The highest BCUT2D eigenvalue weighted by atomic mass is 32.1. The van der Waals surface area contributed by atoms with Crippen LogP contribution < -0.4 is 4.90 Å². The average molecular weight is 695 g/mol. The van der Waals surface area contributed by atoms with Crippen molar-refractivity contribution >= 4 is 87.2 Å². The molecule has 0 unspecified atom stereocenters. The van der Waals surface area contributed by atoms with E-state index in [-0.39, 0.29) is 0 Å². The molecule has 1 aliphatic carbocycles. The Morgan fingerprint density at radius 1 is 0.528 bits per heavy atom. The molecular weight excluding hydrogens is 661 g/mol. The van der Waals surface area contributed by atoms with Gasteiger partial charge in [-0.1, -0.05) is 121 Å². The first-order chi connectivity index (χ1) is 26.3. The van der Waals surface area contributed by atoms with Crippen LogP contribution in [0.4, 0.5) is 17.1 Å². The molecule has 53 heavy (non-hydrogen) atoms. The number of nitrogens with zero attached hydrogens (tertiary/aromatic N) is 2. The minimum atomic E-state index is 1.08. The van der Waals surface area contributed by atoms with Gasteiger partial charge < -0.3 is 9.47 Å². The fraction of sp³-hybridized carbons (Fsp3) is 0.0400. The molecule has 0 saturated carbocycles. The normalized spacial score (nSPS) is 12.7. The molecule has 0 N–H and O–H groups in total. The molecule has 0 fully saturated rings. The molecule has 1 aliphatic rings. The number of benzene rings is 8. The number of rotatable bonds is 5. The summed E-state index contributed by atoms with van der Waals surface area (Å²) in [6, 6.07) is 62.6. The molecule has 0 bridgehead atoms. The number of thiophene rings is 1. The zero-order chi connectivity index (χ0) is 34.9. The lowest BCUT2D eigenvalue weighted by molar-refractivity contribution is 0.988. The zero-order valence-electron chi connectivity index (χ0n) is 29.0. The number of para-hydroxylation sites is 1. The summed E-state index contributed by atoms with van der Waals surface area (Å²) >= 11 is 1.87.